The Hall–Kier alpha value is -1.90. The lowest BCUT2D eigenvalue weighted by Crippen LogP contribution is -2.68. The van der Waals surface area contributed by atoms with Gasteiger partial charge in [-0.3, -0.25) is 0 Å². The van der Waals surface area contributed by atoms with Crippen molar-refractivity contribution >= 4 is 0 Å². The van der Waals surface area contributed by atoms with Crippen molar-refractivity contribution in [2.24, 2.45) is 0 Å². The summed E-state index contributed by atoms with van der Waals surface area (Å²) in [5.41, 5.74) is 4.76. The van der Waals surface area contributed by atoms with E-state index in [-0.39, 0.29) is 11.5 Å². The topological polar surface area (TPSA) is 137 Å². The summed E-state index contributed by atoms with van der Waals surface area (Å²) in [5, 5.41) is 18.8. The molecule has 0 radical (unpaired) electrons. The zero-order valence-corrected chi connectivity index (χ0v) is 14.4. The maximum Gasteiger partial charge on any atom is 0.178 e. The summed E-state index contributed by atoms with van der Waals surface area (Å²) in [4.78, 5) is 0. The van der Waals surface area contributed by atoms with E-state index in [2.05, 4.69) is 37.5 Å². The molecule has 0 fully saturated rings. The number of hydrogen-bond acceptors (Lipinski definition) is 6. The Balaban J connectivity index is 0.000000505. The fourth-order valence-corrected chi connectivity index (χ4v) is 2.45. The number of hydrogen-bond donors (Lipinski definition) is 2. The van der Waals surface area contributed by atoms with E-state index in [4.69, 9.17) is 18.6 Å². The molecule has 132 valence electrons. The van der Waals surface area contributed by atoms with Gasteiger partial charge in [-0.25, -0.2) is 18.6 Å². The van der Waals surface area contributed by atoms with Crippen LogP contribution < -0.4 is 23.2 Å². The minimum absolute atomic E-state index is 0.0557. The highest BCUT2D eigenvalue weighted by Crippen LogP contribution is 2.24. The lowest BCUT2D eigenvalue weighted by atomic mass is 10.1. The largest absolute Gasteiger partial charge is 0.504 e. The van der Waals surface area contributed by atoms with Crippen LogP contribution >= 0.6 is 0 Å². The minimum Gasteiger partial charge on any atom is -0.504 e. The van der Waals surface area contributed by atoms with E-state index in [0.717, 1.165) is 18.5 Å². The Morgan fingerprint density at radius 2 is 1.38 bits per heavy atom. The van der Waals surface area contributed by atoms with Crippen LogP contribution in [0.1, 0.15) is 22.5 Å². The summed E-state index contributed by atoms with van der Waals surface area (Å²) in [6, 6.07) is 9.33. The Labute approximate surface area is 142 Å². The van der Waals surface area contributed by atoms with Gasteiger partial charge in [0.05, 0.1) is 0 Å². The van der Waals surface area contributed by atoms with Gasteiger partial charge in [-0.05, 0) is 30.2 Å². The molecule has 0 saturated heterocycles. The molecule has 2 aromatic rings. The molecule has 0 saturated carbocycles. The third-order valence-corrected chi connectivity index (χ3v) is 3.39. The second kappa shape index (κ2) is 8.27. The van der Waals surface area contributed by atoms with E-state index < -0.39 is 10.2 Å². The van der Waals surface area contributed by atoms with Crippen LogP contribution in [0.2, 0.25) is 0 Å². The number of aromatic nitrogens is 1. The Morgan fingerprint density at radius 3 is 1.83 bits per heavy atom. The minimum atomic E-state index is -4.94. The molecule has 0 amide bonds. The average molecular weight is 358 g/mol. The van der Waals surface area contributed by atoms with Crippen LogP contribution in [0.3, 0.4) is 0 Å². The van der Waals surface area contributed by atoms with Crippen LogP contribution in [-0.2, 0) is 13.0 Å². The molecule has 1 heterocycles. The first-order valence-electron chi connectivity index (χ1n) is 7.07. The third-order valence-electron chi connectivity index (χ3n) is 3.39. The predicted molar refractivity (Wildman–Crippen MR) is 74.3 cm³/mol. The maximum absolute atomic E-state index is 9.49. The molecule has 0 aliphatic carbocycles. The summed E-state index contributed by atoms with van der Waals surface area (Å²) in [7, 11) is -4.94. The average Bonchev–Trinajstić information content (AvgIpc) is 2.39. The highest BCUT2D eigenvalue weighted by molar-refractivity contribution is 5.40. The van der Waals surface area contributed by atoms with Gasteiger partial charge in [0.15, 0.2) is 29.4 Å². The highest BCUT2D eigenvalue weighted by atomic mass is 35.7. The third kappa shape index (κ3) is 7.12. The van der Waals surface area contributed by atoms with Gasteiger partial charge in [0.2, 0.25) is 0 Å². The quantitative estimate of drug-likeness (QED) is 0.472. The van der Waals surface area contributed by atoms with Gasteiger partial charge < -0.3 is 10.2 Å². The number of phenolic OH excluding ortho intramolecular Hbond substituents is 2. The number of rotatable bonds is 3. The van der Waals surface area contributed by atoms with E-state index in [1.165, 1.54) is 23.0 Å². The van der Waals surface area contributed by atoms with E-state index in [9.17, 15) is 10.2 Å². The molecule has 0 bridgehead atoms. The van der Waals surface area contributed by atoms with Gasteiger partial charge >= 0.3 is 0 Å². The molecule has 0 aliphatic heterocycles. The van der Waals surface area contributed by atoms with Gasteiger partial charge in [-0.1, -0.05) is 6.07 Å². The number of halogens is 1. The molecule has 2 N–H and O–H groups in total. The second-order valence-electron chi connectivity index (χ2n) is 5.42. The SMILES string of the molecule is Cc1cc(C)[n+](CCc2ccc(O)c(O)c2)c(C)c1.[O-][Cl+3]([O-])([O-])[O-]. The van der Waals surface area contributed by atoms with Crippen LogP contribution in [0.5, 0.6) is 11.5 Å². The lowest BCUT2D eigenvalue weighted by molar-refractivity contribution is -2.00. The first-order valence-corrected chi connectivity index (χ1v) is 8.31. The number of aromatic hydroxyl groups is 2. The van der Waals surface area contributed by atoms with Crippen molar-refractivity contribution in [3.05, 3.63) is 52.8 Å². The summed E-state index contributed by atoms with van der Waals surface area (Å²) >= 11 is 0. The number of pyridine rings is 1. The fourth-order valence-electron chi connectivity index (χ4n) is 2.45. The Morgan fingerprint density at radius 1 is 0.875 bits per heavy atom. The first kappa shape index (κ1) is 20.1. The van der Waals surface area contributed by atoms with Crippen LogP contribution in [0.4, 0.5) is 0 Å². The van der Waals surface area contributed by atoms with Gasteiger partial charge in [0, 0.05) is 32.4 Å². The van der Waals surface area contributed by atoms with E-state index >= 15 is 0 Å². The van der Waals surface area contributed by atoms with Crippen LogP contribution in [0.25, 0.3) is 0 Å². The summed E-state index contributed by atoms with van der Waals surface area (Å²) in [6.45, 7) is 7.17. The molecule has 8 heteroatoms. The van der Waals surface area contributed by atoms with Crippen molar-refractivity contribution in [2.75, 3.05) is 0 Å². The molecule has 0 aliphatic rings. The normalized spacial score (nSPS) is 11.0. The van der Waals surface area contributed by atoms with Crippen LogP contribution in [-0.4, -0.2) is 10.2 Å². The molecular weight excluding hydrogens is 338 g/mol. The monoisotopic (exact) mass is 357 g/mol. The molecule has 24 heavy (non-hydrogen) atoms. The van der Waals surface area contributed by atoms with Crippen molar-refractivity contribution in [1.29, 1.82) is 0 Å². The molecule has 2 rings (SSSR count). The van der Waals surface area contributed by atoms with Gasteiger partial charge in [-0.2, -0.15) is 4.57 Å². The maximum atomic E-state index is 9.49. The Bertz CT molecular complexity index is 670. The van der Waals surface area contributed by atoms with Crippen molar-refractivity contribution in [3.8, 4) is 11.5 Å². The van der Waals surface area contributed by atoms with Crippen LogP contribution in [0.15, 0.2) is 30.3 Å². The van der Waals surface area contributed by atoms with Crippen molar-refractivity contribution in [2.45, 2.75) is 33.7 Å². The summed E-state index contributed by atoms with van der Waals surface area (Å²) < 4.78 is 36.2. The van der Waals surface area contributed by atoms with Crippen LogP contribution in [0, 0.1) is 31.0 Å². The van der Waals surface area contributed by atoms with E-state index in [0.29, 0.717) is 0 Å². The van der Waals surface area contributed by atoms with Gasteiger partial charge in [-0.15, -0.1) is 10.2 Å². The molecular formula is C16H20ClNO6. The summed E-state index contributed by atoms with van der Waals surface area (Å²) in [5.74, 6) is -0.126. The van der Waals surface area contributed by atoms with Crippen molar-refractivity contribution < 1.29 is 43.7 Å². The zero-order valence-electron chi connectivity index (χ0n) is 13.7. The van der Waals surface area contributed by atoms with Crippen molar-refractivity contribution in [3.63, 3.8) is 0 Å². The van der Waals surface area contributed by atoms with E-state index in [1.54, 1.807) is 6.07 Å². The van der Waals surface area contributed by atoms with Gasteiger partial charge in [0.1, 0.15) is 0 Å². The van der Waals surface area contributed by atoms with Crippen molar-refractivity contribution in [1.82, 2.24) is 0 Å². The summed E-state index contributed by atoms with van der Waals surface area (Å²) in [6.07, 6.45) is 0.823. The highest BCUT2D eigenvalue weighted by Gasteiger charge is 2.12. The fraction of sp³-hybridized carbons (Fsp3) is 0.312. The number of nitrogens with zero attached hydrogens (tertiary/aromatic N) is 1. The first-order chi connectivity index (χ1) is 11.0. The number of aryl methyl sites for hydroxylation is 4. The molecule has 7 nitrogen and oxygen atoms in total. The Kier molecular flexibility index (Phi) is 6.94. The molecule has 1 aromatic carbocycles. The smallest absolute Gasteiger partial charge is 0.178 e. The van der Waals surface area contributed by atoms with Gasteiger partial charge in [0.25, 0.3) is 0 Å². The number of benzene rings is 1. The zero-order chi connectivity index (χ0) is 18.5. The molecule has 0 atom stereocenters. The second-order valence-corrected chi connectivity index (χ2v) is 6.17. The predicted octanol–water partition coefficient (Wildman–Crippen LogP) is -2.20. The standard InChI is InChI=1S/C16H19NO2.ClHO4/c1-11-8-12(2)17(13(3)9-11)7-6-14-4-5-15(18)16(19)10-14;2-1(3,4)5/h4-5,8-10H,6-7H2,1-3H3,(H-,18,19);(H,2,3,4,5). The molecule has 0 spiro atoms. The van der Waals surface area contributed by atoms with E-state index in [1.807, 2.05) is 6.07 Å². The number of phenols is 2. The lowest BCUT2D eigenvalue weighted by Gasteiger charge is -2.17. The molecule has 1 aromatic heterocycles. The molecule has 0 unspecified atom stereocenters.